The maximum absolute atomic E-state index is 13.7. The van der Waals surface area contributed by atoms with E-state index in [1.54, 1.807) is 36.8 Å². The zero-order valence-electron chi connectivity index (χ0n) is 24.5. The van der Waals surface area contributed by atoms with E-state index in [1.807, 2.05) is 48.5 Å². The summed E-state index contributed by atoms with van der Waals surface area (Å²) in [6.45, 7) is 7.16. The number of rotatable bonds is 8. The van der Waals surface area contributed by atoms with Gasteiger partial charge in [0.05, 0.1) is 16.2 Å². The molecule has 0 spiro atoms. The molecule has 1 aliphatic rings. The Balaban J connectivity index is 1.44. The van der Waals surface area contributed by atoms with E-state index in [2.05, 4.69) is 48.7 Å². The molecule has 43 heavy (non-hydrogen) atoms. The highest BCUT2D eigenvalue weighted by Gasteiger charge is 2.33. The van der Waals surface area contributed by atoms with Crippen molar-refractivity contribution in [1.82, 2.24) is 0 Å². The first-order valence-corrected chi connectivity index (χ1v) is 16.7. The lowest BCUT2D eigenvalue weighted by Gasteiger charge is -2.33. The Morgan fingerprint density at radius 1 is 1.14 bits per heavy atom. The average Bonchev–Trinajstić information content (AvgIpc) is 3.34. The van der Waals surface area contributed by atoms with Gasteiger partial charge in [0.25, 0.3) is 5.91 Å². The summed E-state index contributed by atoms with van der Waals surface area (Å²) in [7, 11) is 1.61. The zero-order chi connectivity index (χ0) is 30.7. The monoisotopic (exact) mass is 746 g/mol. The van der Waals surface area contributed by atoms with Crippen molar-refractivity contribution in [2.24, 2.45) is 16.3 Å². The summed E-state index contributed by atoms with van der Waals surface area (Å²) in [4.78, 5) is 19.8. The normalized spacial score (nSPS) is 14.9. The third-order valence-electron chi connectivity index (χ3n) is 7.70. The van der Waals surface area contributed by atoms with Gasteiger partial charge in [-0.15, -0.1) is 11.3 Å². The second kappa shape index (κ2) is 13.6. The second-order valence-corrected chi connectivity index (χ2v) is 14.7. The standard InChI is InChI=1S/C34H33Cl2IN2O3S/c1-34(2,3)22-11-13-25-29(16-22)43-33(30(25)32(40)39-24-8-6-5-7-9-24)38-18-20-14-27(37)31(28(15-20)41-4)42-19-21-10-12-23(35)17-26(21)36/h5-10,12,14-15,17-18,22H,11,13,16,19H2,1-4H3,(H,39,40)/t22-/m1/s1. The molecule has 9 heteroatoms. The number of hydrogen-bond donors (Lipinski definition) is 1. The van der Waals surface area contributed by atoms with Crippen molar-refractivity contribution in [1.29, 1.82) is 0 Å². The van der Waals surface area contributed by atoms with E-state index in [0.717, 1.165) is 50.2 Å². The van der Waals surface area contributed by atoms with Crippen molar-refractivity contribution >= 4 is 79.9 Å². The third kappa shape index (κ3) is 7.56. The predicted molar refractivity (Wildman–Crippen MR) is 187 cm³/mol. The lowest BCUT2D eigenvalue weighted by atomic mass is 9.72. The summed E-state index contributed by atoms with van der Waals surface area (Å²) in [5.74, 6) is 1.64. The van der Waals surface area contributed by atoms with Crippen LogP contribution in [0.1, 0.15) is 59.1 Å². The van der Waals surface area contributed by atoms with Crippen LogP contribution in [-0.4, -0.2) is 19.2 Å². The topological polar surface area (TPSA) is 59.9 Å². The van der Waals surface area contributed by atoms with Gasteiger partial charge in [-0.3, -0.25) is 4.79 Å². The molecule has 1 atom stereocenters. The molecule has 1 N–H and O–H groups in total. The number of nitrogens with one attached hydrogen (secondary N) is 1. The van der Waals surface area contributed by atoms with E-state index in [-0.39, 0.29) is 17.9 Å². The molecule has 0 saturated carbocycles. The van der Waals surface area contributed by atoms with E-state index < -0.39 is 0 Å². The van der Waals surface area contributed by atoms with E-state index in [4.69, 9.17) is 37.7 Å². The van der Waals surface area contributed by atoms with Crippen LogP contribution in [0.15, 0.2) is 65.7 Å². The van der Waals surface area contributed by atoms with Gasteiger partial charge >= 0.3 is 0 Å². The van der Waals surface area contributed by atoms with Crippen LogP contribution in [0, 0.1) is 14.9 Å². The van der Waals surface area contributed by atoms with Crippen LogP contribution < -0.4 is 14.8 Å². The number of fused-ring (bicyclic) bond motifs is 1. The Hall–Kier alpha value is -2.59. The number of carbonyl (C=O) groups excluding carboxylic acids is 1. The third-order valence-corrected chi connectivity index (χ3v) is 10.3. The Labute approximate surface area is 280 Å². The van der Waals surface area contributed by atoms with E-state index in [1.165, 1.54) is 4.88 Å². The van der Waals surface area contributed by atoms with Crippen molar-refractivity contribution in [2.75, 3.05) is 12.4 Å². The molecule has 0 fully saturated rings. The van der Waals surface area contributed by atoms with Gasteiger partial charge in [0.2, 0.25) is 0 Å². The molecule has 224 valence electrons. The number of benzene rings is 3. The molecule has 0 bridgehead atoms. The van der Waals surface area contributed by atoms with Crippen molar-refractivity contribution < 1.29 is 14.3 Å². The minimum absolute atomic E-state index is 0.123. The van der Waals surface area contributed by atoms with Crippen molar-refractivity contribution in [2.45, 2.75) is 46.6 Å². The van der Waals surface area contributed by atoms with Crippen LogP contribution in [0.3, 0.4) is 0 Å². The van der Waals surface area contributed by atoms with E-state index >= 15 is 0 Å². The van der Waals surface area contributed by atoms with Crippen molar-refractivity contribution in [3.8, 4) is 11.5 Å². The minimum atomic E-state index is -0.123. The number of para-hydroxylation sites is 1. The van der Waals surface area contributed by atoms with Gasteiger partial charge in [-0.1, -0.05) is 68.2 Å². The number of ether oxygens (including phenoxy) is 2. The molecule has 1 aromatic heterocycles. The Morgan fingerprint density at radius 3 is 2.60 bits per heavy atom. The second-order valence-electron chi connectivity index (χ2n) is 11.6. The molecule has 0 unspecified atom stereocenters. The summed E-state index contributed by atoms with van der Waals surface area (Å²) >= 11 is 16.2. The molecule has 1 aliphatic carbocycles. The molecule has 0 aliphatic heterocycles. The Kier molecular flexibility index (Phi) is 10.1. The molecule has 1 amide bonds. The lowest BCUT2D eigenvalue weighted by Crippen LogP contribution is -2.27. The molecule has 4 aromatic rings. The number of anilines is 1. The van der Waals surface area contributed by atoms with Gasteiger partial charge in [0.1, 0.15) is 11.6 Å². The number of methoxy groups -OCH3 is 1. The Morgan fingerprint density at radius 2 is 1.91 bits per heavy atom. The number of halogens is 3. The predicted octanol–water partition coefficient (Wildman–Crippen LogP) is 10.4. The van der Waals surface area contributed by atoms with E-state index in [0.29, 0.717) is 33.0 Å². The number of thiophene rings is 1. The maximum Gasteiger partial charge on any atom is 0.259 e. The first kappa shape index (κ1) is 31.8. The van der Waals surface area contributed by atoms with Crippen LogP contribution in [0.2, 0.25) is 10.0 Å². The molecule has 5 rings (SSSR count). The van der Waals surface area contributed by atoms with Crippen molar-refractivity contribution in [3.05, 3.63) is 101 Å². The molecule has 5 nitrogen and oxygen atoms in total. The summed E-state index contributed by atoms with van der Waals surface area (Å²) in [6.07, 6.45) is 4.68. The number of hydrogen-bond acceptors (Lipinski definition) is 5. The van der Waals surface area contributed by atoms with E-state index in [9.17, 15) is 4.79 Å². The van der Waals surface area contributed by atoms with Crippen LogP contribution in [0.25, 0.3) is 0 Å². The fourth-order valence-corrected chi connectivity index (χ4v) is 7.74. The molecular weight excluding hydrogens is 714 g/mol. The summed E-state index contributed by atoms with van der Waals surface area (Å²) < 4.78 is 12.7. The van der Waals surface area contributed by atoms with Crippen LogP contribution in [-0.2, 0) is 19.4 Å². The fourth-order valence-electron chi connectivity index (χ4n) is 5.23. The largest absolute Gasteiger partial charge is 0.493 e. The van der Waals surface area contributed by atoms with Crippen LogP contribution in [0.4, 0.5) is 10.7 Å². The SMILES string of the molecule is COc1cc(C=Nc2sc3c(c2C(=O)Nc2ccccc2)CC[C@@H](C(C)(C)C)C3)cc(I)c1OCc1ccc(Cl)cc1Cl. The number of aliphatic imine (C=N–C) groups is 1. The Bertz CT molecular complexity index is 1660. The number of carbonyl (C=O) groups is 1. The first-order valence-electron chi connectivity index (χ1n) is 14.0. The summed E-state index contributed by atoms with van der Waals surface area (Å²) in [5, 5.41) is 4.93. The molecule has 3 aromatic carbocycles. The molecular formula is C34H33Cl2IN2O3S. The number of amides is 1. The smallest absolute Gasteiger partial charge is 0.259 e. The molecule has 0 radical (unpaired) electrons. The highest BCUT2D eigenvalue weighted by Crippen LogP contribution is 2.45. The van der Waals surface area contributed by atoms with Gasteiger partial charge in [-0.2, -0.15) is 0 Å². The fraction of sp³-hybridized carbons (Fsp3) is 0.294. The van der Waals surface area contributed by atoms with Gasteiger partial charge in [0.15, 0.2) is 11.5 Å². The highest BCUT2D eigenvalue weighted by molar-refractivity contribution is 14.1. The number of nitrogens with zero attached hydrogens (tertiary/aromatic N) is 1. The molecule has 0 saturated heterocycles. The van der Waals surface area contributed by atoms with Gasteiger partial charge in [-0.25, -0.2) is 4.99 Å². The van der Waals surface area contributed by atoms with Gasteiger partial charge in [0, 0.05) is 32.4 Å². The zero-order valence-corrected chi connectivity index (χ0v) is 29.0. The average molecular weight is 748 g/mol. The van der Waals surface area contributed by atoms with Crippen LogP contribution in [0.5, 0.6) is 11.5 Å². The van der Waals surface area contributed by atoms with Gasteiger partial charge < -0.3 is 14.8 Å². The minimum Gasteiger partial charge on any atom is -0.493 e. The molecule has 1 heterocycles. The highest BCUT2D eigenvalue weighted by atomic mass is 127. The van der Waals surface area contributed by atoms with Crippen molar-refractivity contribution in [3.63, 3.8) is 0 Å². The lowest BCUT2D eigenvalue weighted by molar-refractivity contribution is 0.102. The first-order chi connectivity index (χ1) is 20.5. The summed E-state index contributed by atoms with van der Waals surface area (Å²) in [6, 6.07) is 18.8. The summed E-state index contributed by atoms with van der Waals surface area (Å²) in [5.41, 5.74) is 4.43. The van der Waals surface area contributed by atoms with Crippen LogP contribution >= 0.6 is 57.1 Å². The van der Waals surface area contributed by atoms with Gasteiger partial charge in [-0.05, 0) is 101 Å². The maximum atomic E-state index is 13.7. The quantitative estimate of drug-likeness (QED) is 0.144.